The molecule has 0 spiro atoms. The van der Waals surface area contributed by atoms with E-state index in [9.17, 15) is 4.79 Å². The summed E-state index contributed by atoms with van der Waals surface area (Å²) in [6.45, 7) is 3.88. The van der Waals surface area contributed by atoms with Crippen LogP contribution in [0.4, 0.5) is 0 Å². The molecule has 2 aromatic rings. The molecule has 0 N–H and O–H groups in total. The lowest BCUT2D eigenvalue weighted by Gasteiger charge is -2.00. The number of carbonyl (C=O) groups excluding carboxylic acids is 1. The highest BCUT2D eigenvalue weighted by atomic mass is 16.1. The molecule has 0 amide bonds. The van der Waals surface area contributed by atoms with Gasteiger partial charge in [0.25, 0.3) is 0 Å². The van der Waals surface area contributed by atoms with Crippen LogP contribution in [0.5, 0.6) is 0 Å². The normalized spacial score (nSPS) is 10.7. The van der Waals surface area contributed by atoms with Crippen LogP contribution in [0.15, 0.2) is 30.5 Å². The molecule has 0 atom stereocenters. The molecule has 0 unspecified atom stereocenters. The van der Waals surface area contributed by atoms with E-state index in [0.717, 1.165) is 16.8 Å². The molecule has 72 valence electrons. The highest BCUT2D eigenvalue weighted by Gasteiger charge is 2.12. The fourth-order valence-electron chi connectivity index (χ4n) is 1.78. The summed E-state index contributed by atoms with van der Waals surface area (Å²) in [6, 6.07) is 7.98. The molecule has 0 aliphatic rings. The number of rotatable bonds is 2. The van der Waals surface area contributed by atoms with E-state index in [1.165, 1.54) is 0 Å². The third-order valence-electron chi connectivity index (χ3n) is 2.46. The largest absolute Gasteiger partial charge is 0.314 e. The van der Waals surface area contributed by atoms with Crippen LogP contribution in [-0.2, 0) is 0 Å². The average Bonchev–Trinajstić information content (AvgIpc) is 2.53. The molecule has 0 saturated carbocycles. The van der Waals surface area contributed by atoms with Crippen LogP contribution in [0.2, 0.25) is 0 Å². The van der Waals surface area contributed by atoms with E-state index in [4.69, 9.17) is 0 Å². The number of ketones is 1. The molecule has 0 aromatic carbocycles. The first-order valence-electron chi connectivity index (χ1n) is 4.84. The fourth-order valence-corrected chi connectivity index (χ4v) is 1.78. The molecule has 0 fully saturated rings. The van der Waals surface area contributed by atoms with E-state index < -0.39 is 0 Å². The van der Waals surface area contributed by atoms with Crippen molar-refractivity contribution in [2.45, 2.75) is 20.3 Å². The molecule has 0 radical (unpaired) electrons. The van der Waals surface area contributed by atoms with Crippen molar-refractivity contribution in [3.63, 3.8) is 0 Å². The van der Waals surface area contributed by atoms with Crippen molar-refractivity contribution in [3.05, 3.63) is 41.7 Å². The minimum absolute atomic E-state index is 0.203. The topological polar surface area (TPSA) is 21.5 Å². The van der Waals surface area contributed by atoms with Crippen molar-refractivity contribution in [3.8, 4) is 0 Å². The lowest BCUT2D eigenvalue weighted by Crippen LogP contribution is -2.03. The Bertz CT molecular complexity index is 482. The van der Waals surface area contributed by atoms with Crippen molar-refractivity contribution in [1.29, 1.82) is 0 Å². The number of fused-ring (bicyclic) bond motifs is 1. The lowest BCUT2D eigenvalue weighted by atomic mass is 10.1. The maximum Gasteiger partial charge on any atom is 0.179 e. The van der Waals surface area contributed by atoms with Gasteiger partial charge in [-0.2, -0.15) is 0 Å². The molecule has 0 bridgehead atoms. The molecule has 0 saturated heterocycles. The molecule has 0 aliphatic carbocycles. The summed E-state index contributed by atoms with van der Waals surface area (Å²) in [4.78, 5) is 11.7. The Labute approximate surface area is 83.2 Å². The SMILES string of the molecule is CCC(=O)c1c(C)cc2ccccn12. The lowest BCUT2D eigenvalue weighted by molar-refractivity contribution is 0.0982. The van der Waals surface area contributed by atoms with Crippen LogP contribution in [-0.4, -0.2) is 10.2 Å². The Morgan fingerprint density at radius 2 is 2.21 bits per heavy atom. The average molecular weight is 187 g/mol. The molecule has 2 nitrogen and oxygen atoms in total. The maximum absolute atomic E-state index is 11.7. The van der Waals surface area contributed by atoms with Gasteiger partial charge in [0.1, 0.15) is 0 Å². The van der Waals surface area contributed by atoms with Gasteiger partial charge in [-0.15, -0.1) is 0 Å². The number of pyridine rings is 1. The summed E-state index contributed by atoms with van der Waals surface area (Å²) < 4.78 is 1.96. The summed E-state index contributed by atoms with van der Waals surface area (Å²) >= 11 is 0. The van der Waals surface area contributed by atoms with Gasteiger partial charge in [0.05, 0.1) is 5.69 Å². The van der Waals surface area contributed by atoms with Crippen LogP contribution in [0.1, 0.15) is 29.4 Å². The Kier molecular flexibility index (Phi) is 2.12. The van der Waals surface area contributed by atoms with Crippen LogP contribution >= 0.6 is 0 Å². The molecule has 2 heteroatoms. The van der Waals surface area contributed by atoms with Gasteiger partial charge in [-0.25, -0.2) is 0 Å². The molecule has 14 heavy (non-hydrogen) atoms. The second-order valence-electron chi connectivity index (χ2n) is 3.45. The Balaban J connectivity index is 2.74. The van der Waals surface area contributed by atoms with Crippen LogP contribution in [0.25, 0.3) is 5.52 Å². The summed E-state index contributed by atoms with van der Waals surface area (Å²) in [5, 5.41) is 0. The standard InChI is InChI=1S/C12H13NO/c1-3-11(14)12-9(2)8-10-6-4-5-7-13(10)12/h4-8H,3H2,1-2H3. The van der Waals surface area contributed by atoms with E-state index >= 15 is 0 Å². The summed E-state index contributed by atoms with van der Waals surface area (Å²) in [5.74, 6) is 0.203. The maximum atomic E-state index is 11.7. The molecule has 0 aliphatic heterocycles. The Morgan fingerprint density at radius 3 is 2.93 bits per heavy atom. The van der Waals surface area contributed by atoms with E-state index in [-0.39, 0.29) is 5.78 Å². The predicted octanol–water partition coefficient (Wildman–Crippen LogP) is 2.84. The second-order valence-corrected chi connectivity index (χ2v) is 3.45. The number of nitrogens with zero attached hydrogens (tertiary/aromatic N) is 1. The van der Waals surface area contributed by atoms with Crippen molar-refractivity contribution >= 4 is 11.3 Å². The zero-order valence-electron chi connectivity index (χ0n) is 8.45. The number of Topliss-reactive ketones (excluding diaryl/α,β-unsaturated/α-hetero) is 1. The first kappa shape index (κ1) is 9.00. The quantitative estimate of drug-likeness (QED) is 0.662. The third-order valence-corrected chi connectivity index (χ3v) is 2.46. The number of carbonyl (C=O) groups is 1. The monoisotopic (exact) mass is 187 g/mol. The number of hydrogen-bond acceptors (Lipinski definition) is 1. The van der Waals surface area contributed by atoms with E-state index in [1.807, 2.05) is 48.7 Å². The van der Waals surface area contributed by atoms with Crippen LogP contribution < -0.4 is 0 Å². The Morgan fingerprint density at radius 1 is 1.43 bits per heavy atom. The smallest absolute Gasteiger partial charge is 0.179 e. The number of aromatic nitrogens is 1. The van der Waals surface area contributed by atoms with Crippen LogP contribution in [0, 0.1) is 6.92 Å². The second kappa shape index (κ2) is 3.29. The van der Waals surface area contributed by atoms with Crippen LogP contribution in [0.3, 0.4) is 0 Å². The van der Waals surface area contributed by atoms with E-state index in [1.54, 1.807) is 0 Å². The zero-order valence-corrected chi connectivity index (χ0v) is 8.45. The third kappa shape index (κ3) is 1.23. The molecule has 2 aromatic heterocycles. The van der Waals surface area contributed by atoms with Gasteiger partial charge in [-0.1, -0.05) is 13.0 Å². The summed E-state index contributed by atoms with van der Waals surface area (Å²) in [7, 11) is 0. The molecule has 2 rings (SSSR count). The van der Waals surface area contributed by atoms with Gasteiger partial charge in [0.2, 0.25) is 0 Å². The highest BCUT2D eigenvalue weighted by molar-refractivity contribution is 5.97. The van der Waals surface area contributed by atoms with Crippen molar-refractivity contribution in [2.75, 3.05) is 0 Å². The molecule has 2 heterocycles. The van der Waals surface area contributed by atoms with Crippen molar-refractivity contribution in [2.24, 2.45) is 0 Å². The van der Waals surface area contributed by atoms with Gasteiger partial charge < -0.3 is 4.40 Å². The zero-order chi connectivity index (χ0) is 10.1. The summed E-state index contributed by atoms with van der Waals surface area (Å²) in [6.07, 6.45) is 2.49. The molecular formula is C12H13NO. The van der Waals surface area contributed by atoms with E-state index in [0.29, 0.717) is 6.42 Å². The van der Waals surface area contributed by atoms with E-state index in [2.05, 4.69) is 0 Å². The highest BCUT2D eigenvalue weighted by Crippen LogP contribution is 2.17. The first-order valence-corrected chi connectivity index (χ1v) is 4.84. The first-order chi connectivity index (χ1) is 6.74. The van der Waals surface area contributed by atoms with Gasteiger partial charge in [0.15, 0.2) is 5.78 Å². The Hall–Kier alpha value is -1.57. The number of aryl methyl sites for hydroxylation is 1. The minimum Gasteiger partial charge on any atom is -0.314 e. The van der Waals surface area contributed by atoms with Gasteiger partial charge >= 0.3 is 0 Å². The van der Waals surface area contributed by atoms with Gasteiger partial charge in [-0.05, 0) is 30.7 Å². The minimum atomic E-state index is 0.203. The van der Waals surface area contributed by atoms with Crippen molar-refractivity contribution < 1.29 is 4.79 Å². The van der Waals surface area contributed by atoms with Gasteiger partial charge in [0, 0.05) is 18.1 Å². The molecular weight excluding hydrogens is 174 g/mol. The summed E-state index contributed by atoms with van der Waals surface area (Å²) in [5.41, 5.74) is 2.97. The van der Waals surface area contributed by atoms with Crippen molar-refractivity contribution in [1.82, 2.24) is 4.40 Å². The predicted molar refractivity (Wildman–Crippen MR) is 56.8 cm³/mol. The van der Waals surface area contributed by atoms with Gasteiger partial charge in [-0.3, -0.25) is 4.79 Å². The number of hydrogen-bond donors (Lipinski definition) is 0. The fraction of sp³-hybridized carbons (Fsp3) is 0.250.